The Labute approximate surface area is 87.5 Å². The topological polar surface area (TPSA) is 63.6 Å². The quantitative estimate of drug-likeness (QED) is 0.600. The lowest BCUT2D eigenvalue weighted by Gasteiger charge is -2.07. The number of hydrogen-bond donors (Lipinski definition) is 1. The molecular formula is C11H12O4. The first-order chi connectivity index (χ1) is 7.11. The number of benzene rings is 1. The van der Waals surface area contributed by atoms with Crippen LogP contribution >= 0.6 is 0 Å². The molecule has 80 valence electrons. The van der Waals surface area contributed by atoms with Crippen molar-refractivity contribution in [2.75, 3.05) is 0 Å². The first kappa shape index (κ1) is 11.2. The minimum Gasteiger partial charge on any atom is -0.481 e. The summed E-state index contributed by atoms with van der Waals surface area (Å²) < 4.78 is 4.83. The Bertz CT molecular complexity index is 345. The maximum atomic E-state index is 11.2. The van der Waals surface area contributed by atoms with Gasteiger partial charge in [0.25, 0.3) is 0 Å². The molecule has 0 radical (unpaired) electrons. The van der Waals surface area contributed by atoms with Gasteiger partial charge < -0.3 is 9.84 Å². The molecule has 1 rings (SSSR count). The van der Waals surface area contributed by atoms with Crippen molar-refractivity contribution < 1.29 is 19.4 Å². The van der Waals surface area contributed by atoms with E-state index in [-0.39, 0.29) is 6.61 Å². The number of aliphatic carboxylic acids is 1. The smallest absolute Gasteiger partial charge is 0.320 e. The number of carbonyl (C=O) groups is 2. The van der Waals surface area contributed by atoms with Gasteiger partial charge in [0.05, 0.1) is 0 Å². The van der Waals surface area contributed by atoms with E-state index in [0.717, 1.165) is 5.56 Å². The number of carboxylic acids is 1. The Balaban J connectivity index is 2.44. The summed E-state index contributed by atoms with van der Waals surface area (Å²) in [4.78, 5) is 21.6. The summed E-state index contributed by atoms with van der Waals surface area (Å²) in [5, 5.41) is 8.55. The molecule has 0 unspecified atom stereocenters. The van der Waals surface area contributed by atoms with Gasteiger partial charge in [-0.15, -0.1) is 0 Å². The van der Waals surface area contributed by atoms with E-state index in [9.17, 15) is 9.59 Å². The van der Waals surface area contributed by atoms with Crippen LogP contribution in [0.25, 0.3) is 0 Å². The van der Waals surface area contributed by atoms with Crippen molar-refractivity contribution in [2.45, 2.75) is 13.5 Å². The van der Waals surface area contributed by atoms with E-state index in [0.29, 0.717) is 0 Å². The molecule has 0 amide bonds. The minimum absolute atomic E-state index is 0.108. The first-order valence-corrected chi connectivity index (χ1v) is 4.54. The number of carbonyl (C=O) groups excluding carboxylic acids is 1. The third kappa shape index (κ3) is 3.42. The maximum Gasteiger partial charge on any atom is 0.320 e. The lowest BCUT2D eigenvalue weighted by atomic mass is 10.2. The van der Waals surface area contributed by atoms with Crippen molar-refractivity contribution in [3.05, 3.63) is 35.9 Å². The molecule has 1 atom stereocenters. The molecule has 0 aliphatic heterocycles. The molecule has 4 heteroatoms. The first-order valence-electron chi connectivity index (χ1n) is 4.54. The van der Waals surface area contributed by atoms with E-state index in [1.165, 1.54) is 6.92 Å². The molecule has 1 aromatic carbocycles. The normalized spacial score (nSPS) is 11.8. The Kier molecular flexibility index (Phi) is 3.85. The number of ether oxygens (including phenoxy) is 1. The van der Waals surface area contributed by atoms with E-state index in [2.05, 4.69) is 0 Å². The largest absolute Gasteiger partial charge is 0.481 e. The number of carboxylic acid groups (broad SMARTS) is 1. The standard InChI is InChI=1S/C11H12O4/c1-8(10(12)13)11(14)15-7-9-5-3-2-4-6-9/h2-6,8H,7H2,1H3,(H,12,13)/t8-/m0/s1. The van der Waals surface area contributed by atoms with E-state index >= 15 is 0 Å². The van der Waals surface area contributed by atoms with Crippen molar-refractivity contribution in [1.29, 1.82) is 0 Å². The van der Waals surface area contributed by atoms with Crippen molar-refractivity contribution in [3.63, 3.8) is 0 Å². The van der Waals surface area contributed by atoms with Gasteiger partial charge in [0, 0.05) is 0 Å². The molecule has 0 saturated heterocycles. The van der Waals surface area contributed by atoms with Gasteiger partial charge in [0.15, 0.2) is 5.92 Å². The van der Waals surface area contributed by atoms with E-state index in [4.69, 9.17) is 9.84 Å². The van der Waals surface area contributed by atoms with Gasteiger partial charge >= 0.3 is 11.9 Å². The predicted molar refractivity (Wildman–Crippen MR) is 53.0 cm³/mol. The van der Waals surface area contributed by atoms with Crippen molar-refractivity contribution >= 4 is 11.9 Å². The Hall–Kier alpha value is -1.84. The van der Waals surface area contributed by atoms with E-state index in [1.807, 2.05) is 18.2 Å². The molecule has 0 aromatic heterocycles. The summed E-state index contributed by atoms with van der Waals surface area (Å²) in [6.45, 7) is 1.41. The fourth-order valence-electron chi connectivity index (χ4n) is 0.955. The summed E-state index contributed by atoms with van der Waals surface area (Å²) in [5.74, 6) is -3.01. The highest BCUT2D eigenvalue weighted by Crippen LogP contribution is 2.04. The van der Waals surface area contributed by atoms with Crippen LogP contribution < -0.4 is 0 Å². The molecule has 0 bridgehead atoms. The van der Waals surface area contributed by atoms with Gasteiger partial charge in [-0.2, -0.15) is 0 Å². The number of rotatable bonds is 4. The van der Waals surface area contributed by atoms with E-state index in [1.54, 1.807) is 12.1 Å². The van der Waals surface area contributed by atoms with Crippen LogP contribution in [0.3, 0.4) is 0 Å². The van der Waals surface area contributed by atoms with Gasteiger partial charge in [-0.05, 0) is 12.5 Å². The zero-order valence-corrected chi connectivity index (χ0v) is 8.34. The fraction of sp³-hybridized carbons (Fsp3) is 0.273. The van der Waals surface area contributed by atoms with Gasteiger partial charge in [-0.25, -0.2) is 0 Å². The van der Waals surface area contributed by atoms with Crippen molar-refractivity contribution in [3.8, 4) is 0 Å². The van der Waals surface area contributed by atoms with Crippen LogP contribution in [0.4, 0.5) is 0 Å². The number of esters is 1. The summed E-state index contributed by atoms with van der Waals surface area (Å²) >= 11 is 0. The van der Waals surface area contributed by atoms with Crippen LogP contribution in [0.1, 0.15) is 12.5 Å². The molecule has 15 heavy (non-hydrogen) atoms. The zero-order chi connectivity index (χ0) is 11.3. The zero-order valence-electron chi connectivity index (χ0n) is 8.34. The third-order valence-corrected chi connectivity index (χ3v) is 1.95. The molecule has 0 spiro atoms. The monoisotopic (exact) mass is 208 g/mol. The summed E-state index contributed by atoms with van der Waals surface area (Å²) in [7, 11) is 0. The maximum absolute atomic E-state index is 11.2. The fourth-order valence-corrected chi connectivity index (χ4v) is 0.955. The molecule has 0 aliphatic rings. The van der Waals surface area contributed by atoms with Crippen molar-refractivity contribution in [1.82, 2.24) is 0 Å². The second-order valence-corrected chi connectivity index (χ2v) is 3.15. The van der Waals surface area contributed by atoms with Crippen LogP contribution in [0.5, 0.6) is 0 Å². The van der Waals surface area contributed by atoms with Gasteiger partial charge in [-0.1, -0.05) is 30.3 Å². The van der Waals surface area contributed by atoms with Crippen molar-refractivity contribution in [2.24, 2.45) is 5.92 Å². The Morgan fingerprint density at radius 1 is 1.33 bits per heavy atom. The van der Waals surface area contributed by atoms with Gasteiger partial charge in [-0.3, -0.25) is 9.59 Å². The molecule has 0 fully saturated rings. The van der Waals surface area contributed by atoms with Crippen LogP contribution in [-0.2, 0) is 20.9 Å². The van der Waals surface area contributed by atoms with E-state index < -0.39 is 17.9 Å². The summed E-state index contributed by atoms with van der Waals surface area (Å²) in [6, 6.07) is 9.11. The summed E-state index contributed by atoms with van der Waals surface area (Å²) in [6.07, 6.45) is 0. The SMILES string of the molecule is C[C@@H](C(=O)O)C(=O)OCc1ccccc1. The highest BCUT2D eigenvalue weighted by molar-refractivity contribution is 5.93. The highest BCUT2D eigenvalue weighted by atomic mass is 16.5. The highest BCUT2D eigenvalue weighted by Gasteiger charge is 2.21. The van der Waals surface area contributed by atoms with Crippen LogP contribution in [0.2, 0.25) is 0 Å². The molecule has 1 aromatic rings. The summed E-state index contributed by atoms with van der Waals surface area (Å²) in [5.41, 5.74) is 0.837. The van der Waals surface area contributed by atoms with Crippen LogP contribution in [0, 0.1) is 5.92 Å². The molecule has 0 heterocycles. The second kappa shape index (κ2) is 5.14. The Morgan fingerprint density at radius 3 is 2.47 bits per heavy atom. The average molecular weight is 208 g/mol. The molecule has 0 aliphatic carbocycles. The minimum atomic E-state index is -1.17. The van der Waals surface area contributed by atoms with Crippen LogP contribution in [-0.4, -0.2) is 17.0 Å². The van der Waals surface area contributed by atoms with Crippen LogP contribution in [0.15, 0.2) is 30.3 Å². The second-order valence-electron chi connectivity index (χ2n) is 3.15. The predicted octanol–water partition coefficient (Wildman–Crippen LogP) is 1.45. The molecular weight excluding hydrogens is 196 g/mol. The van der Waals surface area contributed by atoms with Gasteiger partial charge in [0.1, 0.15) is 6.61 Å². The molecule has 4 nitrogen and oxygen atoms in total. The molecule has 1 N–H and O–H groups in total. The third-order valence-electron chi connectivity index (χ3n) is 1.95. The number of hydrogen-bond acceptors (Lipinski definition) is 3. The average Bonchev–Trinajstić information content (AvgIpc) is 2.26. The molecule has 0 saturated carbocycles. The Morgan fingerprint density at radius 2 is 1.93 bits per heavy atom. The lowest BCUT2D eigenvalue weighted by molar-refractivity contribution is -0.158. The van der Waals surface area contributed by atoms with Gasteiger partial charge in [0.2, 0.25) is 0 Å². The lowest BCUT2D eigenvalue weighted by Crippen LogP contribution is -2.22.